The predicted molar refractivity (Wildman–Crippen MR) is 165 cm³/mol. The Bertz CT molecular complexity index is 920. The number of likely N-dealkylation sites (N-methyl/N-ethyl adjacent to an activating group) is 2. The van der Waals surface area contributed by atoms with Crippen LogP contribution in [0.5, 0.6) is 0 Å². The fraction of sp³-hybridized carbons (Fsp3) is 0.688. The third kappa shape index (κ3) is 11.1. The zero-order valence-electron chi connectivity index (χ0n) is 26.4. The Labute approximate surface area is 248 Å². The van der Waals surface area contributed by atoms with Crippen LogP contribution in [0.1, 0.15) is 92.1 Å². The van der Waals surface area contributed by atoms with Crippen molar-refractivity contribution in [3.63, 3.8) is 0 Å². The van der Waals surface area contributed by atoms with Gasteiger partial charge in [0.15, 0.2) is 0 Å². The Morgan fingerprint density at radius 3 is 2.10 bits per heavy atom. The number of nitrogens with zero attached hydrogens (tertiary/aromatic N) is 1. The van der Waals surface area contributed by atoms with E-state index >= 15 is 0 Å². The van der Waals surface area contributed by atoms with Gasteiger partial charge in [0.1, 0.15) is 18.1 Å². The Hall–Kier alpha value is -2.94. The maximum Gasteiger partial charge on any atom is 0.246 e. The minimum atomic E-state index is -0.738. The van der Waals surface area contributed by atoms with E-state index in [9.17, 15) is 19.2 Å². The molecule has 0 radical (unpaired) electrons. The van der Waals surface area contributed by atoms with E-state index in [1.54, 1.807) is 18.9 Å². The predicted octanol–water partition coefficient (Wildman–Crippen LogP) is 3.57. The Balaban J connectivity index is 0.00000201. The summed E-state index contributed by atoms with van der Waals surface area (Å²) in [5.74, 6) is -0.927. The first-order valence-corrected chi connectivity index (χ1v) is 15.8. The molecule has 4 unspecified atom stereocenters. The molecule has 0 spiro atoms. The number of nitrogens with one attached hydrogen (secondary N) is 4. The molecule has 9 nitrogen and oxygen atoms in total. The monoisotopic (exact) mass is 573 g/mol. The summed E-state index contributed by atoms with van der Waals surface area (Å²) in [4.78, 5) is 54.5. The normalized spacial score (nSPS) is 18.8. The fourth-order valence-electron chi connectivity index (χ4n) is 5.36. The molecule has 1 aliphatic carbocycles. The Kier molecular flexibility index (Phi) is 17.6. The standard InChI is InChI=1S/C28H43N5O4.2C2H6/c1-4-30-26(35)22(18-20-12-7-5-8-13-20)31-27(36)23-16-11-17-33(23)28(37)24(21-14-9-6-10-15-21)32-25(34)19(2)29-3;2*1-2/h5,7-8,12-13,19,21-24,29H,4,6,9-11,14-18H2,1-3H3,(H,30,35)(H,31,36)(H,32,34);2*1-2H3. The van der Waals surface area contributed by atoms with Crippen molar-refractivity contribution in [3.05, 3.63) is 35.9 Å². The summed E-state index contributed by atoms with van der Waals surface area (Å²) in [6, 6.07) is 7.08. The largest absolute Gasteiger partial charge is 0.355 e. The van der Waals surface area contributed by atoms with Crippen LogP contribution in [0.15, 0.2) is 30.3 Å². The first-order valence-electron chi connectivity index (χ1n) is 15.8. The fourth-order valence-corrected chi connectivity index (χ4v) is 5.36. The van der Waals surface area contributed by atoms with Crippen molar-refractivity contribution in [2.45, 2.75) is 117 Å². The van der Waals surface area contributed by atoms with Gasteiger partial charge in [0, 0.05) is 19.5 Å². The van der Waals surface area contributed by atoms with E-state index in [1.165, 1.54) is 0 Å². The van der Waals surface area contributed by atoms with Gasteiger partial charge in [-0.2, -0.15) is 0 Å². The second-order valence-corrected chi connectivity index (χ2v) is 10.2. The molecule has 4 atom stereocenters. The van der Waals surface area contributed by atoms with E-state index in [2.05, 4.69) is 21.3 Å². The lowest BCUT2D eigenvalue weighted by Gasteiger charge is -2.35. The third-order valence-corrected chi connectivity index (χ3v) is 7.62. The number of hydrogen-bond acceptors (Lipinski definition) is 5. The van der Waals surface area contributed by atoms with Crippen LogP contribution in [0.3, 0.4) is 0 Å². The molecule has 4 N–H and O–H groups in total. The maximum atomic E-state index is 13.9. The molecule has 1 saturated carbocycles. The van der Waals surface area contributed by atoms with Crippen molar-refractivity contribution in [2.24, 2.45) is 5.92 Å². The van der Waals surface area contributed by atoms with Gasteiger partial charge in [0.25, 0.3) is 0 Å². The van der Waals surface area contributed by atoms with Crippen LogP contribution >= 0.6 is 0 Å². The maximum absolute atomic E-state index is 13.9. The van der Waals surface area contributed by atoms with E-state index in [0.717, 1.165) is 37.7 Å². The zero-order valence-corrected chi connectivity index (χ0v) is 26.4. The minimum Gasteiger partial charge on any atom is -0.355 e. The van der Waals surface area contributed by atoms with Crippen LogP contribution in [0, 0.1) is 5.92 Å². The highest BCUT2D eigenvalue weighted by molar-refractivity contribution is 5.95. The molecule has 1 aromatic carbocycles. The van der Waals surface area contributed by atoms with Gasteiger partial charge in [-0.1, -0.05) is 77.3 Å². The lowest BCUT2D eigenvalue weighted by atomic mass is 9.83. The van der Waals surface area contributed by atoms with E-state index in [-0.39, 0.29) is 29.5 Å². The minimum absolute atomic E-state index is 0.0553. The molecule has 1 heterocycles. The number of amides is 4. The molecule has 41 heavy (non-hydrogen) atoms. The summed E-state index contributed by atoms with van der Waals surface area (Å²) >= 11 is 0. The van der Waals surface area contributed by atoms with Gasteiger partial charge >= 0.3 is 0 Å². The van der Waals surface area contributed by atoms with Gasteiger partial charge in [-0.05, 0) is 58.1 Å². The molecule has 9 heteroatoms. The van der Waals surface area contributed by atoms with E-state index in [4.69, 9.17) is 0 Å². The molecule has 3 rings (SSSR count). The third-order valence-electron chi connectivity index (χ3n) is 7.62. The van der Waals surface area contributed by atoms with E-state index in [0.29, 0.717) is 32.4 Å². The van der Waals surface area contributed by atoms with Crippen molar-refractivity contribution in [2.75, 3.05) is 20.1 Å². The van der Waals surface area contributed by atoms with Crippen molar-refractivity contribution >= 4 is 23.6 Å². The van der Waals surface area contributed by atoms with Crippen molar-refractivity contribution in [1.29, 1.82) is 0 Å². The molecule has 4 amide bonds. The molecule has 1 saturated heterocycles. The van der Waals surface area contributed by atoms with Crippen LogP contribution in [-0.4, -0.2) is 72.8 Å². The second kappa shape index (κ2) is 20.0. The number of rotatable bonds is 11. The van der Waals surface area contributed by atoms with Gasteiger partial charge in [0.2, 0.25) is 23.6 Å². The van der Waals surface area contributed by atoms with E-state index < -0.39 is 24.2 Å². The molecule has 2 aliphatic rings. The first-order chi connectivity index (χ1) is 19.8. The highest BCUT2D eigenvalue weighted by Gasteiger charge is 2.41. The number of carbonyl (C=O) groups is 4. The van der Waals surface area contributed by atoms with Crippen molar-refractivity contribution < 1.29 is 19.2 Å². The number of carbonyl (C=O) groups excluding carboxylic acids is 4. The quantitative estimate of drug-likeness (QED) is 0.323. The average Bonchev–Trinajstić information content (AvgIpc) is 3.52. The number of hydrogen-bond donors (Lipinski definition) is 4. The summed E-state index contributed by atoms with van der Waals surface area (Å²) in [6.45, 7) is 12.5. The summed E-state index contributed by atoms with van der Waals surface area (Å²) in [5, 5.41) is 11.7. The molecule has 0 aromatic heterocycles. The van der Waals surface area contributed by atoms with Gasteiger partial charge in [-0.3, -0.25) is 19.2 Å². The van der Waals surface area contributed by atoms with Crippen molar-refractivity contribution in [1.82, 2.24) is 26.2 Å². The number of likely N-dealkylation sites (tertiary alicyclic amines) is 1. The van der Waals surface area contributed by atoms with Crippen molar-refractivity contribution in [3.8, 4) is 0 Å². The van der Waals surface area contributed by atoms with Gasteiger partial charge in [-0.25, -0.2) is 0 Å². The first kappa shape index (κ1) is 36.1. The van der Waals surface area contributed by atoms with Crippen LogP contribution < -0.4 is 21.3 Å². The van der Waals surface area contributed by atoms with E-state index in [1.807, 2.05) is 65.0 Å². The highest BCUT2D eigenvalue weighted by Crippen LogP contribution is 2.29. The molecule has 1 aliphatic heterocycles. The Morgan fingerprint density at radius 1 is 0.878 bits per heavy atom. The Morgan fingerprint density at radius 2 is 1.51 bits per heavy atom. The summed E-state index contributed by atoms with van der Waals surface area (Å²) < 4.78 is 0. The molecule has 0 bridgehead atoms. The van der Waals surface area contributed by atoms with Gasteiger partial charge in [0.05, 0.1) is 6.04 Å². The lowest BCUT2D eigenvalue weighted by molar-refractivity contribution is -0.143. The molecular weight excluding hydrogens is 518 g/mol. The topological polar surface area (TPSA) is 120 Å². The second-order valence-electron chi connectivity index (χ2n) is 10.2. The zero-order chi connectivity index (χ0) is 30.8. The van der Waals surface area contributed by atoms with Gasteiger partial charge < -0.3 is 26.2 Å². The summed E-state index contributed by atoms with van der Waals surface area (Å²) in [5.41, 5.74) is 0.942. The SMILES string of the molecule is CC.CC.CCNC(=O)C(Cc1ccccc1)NC(=O)C1CCCN1C(=O)C(NC(=O)C(C)NC)C1CCCCC1. The van der Waals surface area contributed by atoms with Gasteiger partial charge in [-0.15, -0.1) is 0 Å². The average molecular weight is 574 g/mol. The number of benzene rings is 1. The van der Waals surface area contributed by atoms with Crippen LogP contribution in [0.25, 0.3) is 0 Å². The molecule has 232 valence electrons. The summed E-state index contributed by atoms with van der Waals surface area (Å²) in [7, 11) is 1.71. The lowest BCUT2D eigenvalue weighted by Crippen LogP contribution is -2.59. The van der Waals surface area contributed by atoms with Crippen LogP contribution in [-0.2, 0) is 25.6 Å². The molecule has 2 fully saturated rings. The summed E-state index contributed by atoms with van der Waals surface area (Å²) in [6.07, 6.45) is 6.55. The van der Waals surface area contributed by atoms with Crippen LogP contribution in [0.2, 0.25) is 0 Å². The molecule has 1 aromatic rings. The highest BCUT2D eigenvalue weighted by atomic mass is 16.2. The smallest absolute Gasteiger partial charge is 0.246 e. The van der Waals surface area contributed by atoms with Crippen LogP contribution in [0.4, 0.5) is 0 Å². The molecular formula is C32H55N5O4.